The van der Waals surface area contributed by atoms with Gasteiger partial charge >= 0.3 is 6.03 Å². The average molecular weight is 347 g/mol. The number of amides is 3. The minimum Gasteiger partial charge on any atom is -0.349 e. The van der Waals surface area contributed by atoms with Gasteiger partial charge < -0.3 is 15.5 Å². The van der Waals surface area contributed by atoms with Gasteiger partial charge in [-0.2, -0.15) is 0 Å². The fraction of sp³-hybridized carbons (Fsp3) is 0.579. The SMILES string of the molecule is Cc1cc(F)ccc1C1CCN(C(=O)NCC2(C)CCC(=O)N2)CC1. The maximum atomic E-state index is 13.3. The van der Waals surface area contributed by atoms with Crippen LogP contribution in [0, 0.1) is 12.7 Å². The molecule has 6 heteroatoms. The topological polar surface area (TPSA) is 61.4 Å². The molecule has 25 heavy (non-hydrogen) atoms. The van der Waals surface area contributed by atoms with E-state index < -0.39 is 0 Å². The molecule has 0 bridgehead atoms. The zero-order valence-electron chi connectivity index (χ0n) is 14.9. The van der Waals surface area contributed by atoms with E-state index in [-0.39, 0.29) is 23.3 Å². The molecule has 136 valence electrons. The van der Waals surface area contributed by atoms with Crippen molar-refractivity contribution in [3.63, 3.8) is 0 Å². The first-order valence-electron chi connectivity index (χ1n) is 8.96. The predicted octanol–water partition coefficient (Wildman–Crippen LogP) is 2.69. The number of nitrogens with one attached hydrogen (secondary N) is 2. The quantitative estimate of drug-likeness (QED) is 0.883. The van der Waals surface area contributed by atoms with E-state index in [1.54, 1.807) is 6.07 Å². The Labute approximate surface area is 148 Å². The highest BCUT2D eigenvalue weighted by Crippen LogP contribution is 2.30. The van der Waals surface area contributed by atoms with Crippen molar-refractivity contribution in [2.75, 3.05) is 19.6 Å². The number of likely N-dealkylation sites (tertiary alicyclic amines) is 1. The van der Waals surface area contributed by atoms with E-state index in [9.17, 15) is 14.0 Å². The maximum Gasteiger partial charge on any atom is 0.317 e. The number of aryl methyl sites for hydroxylation is 1. The highest BCUT2D eigenvalue weighted by atomic mass is 19.1. The van der Waals surface area contributed by atoms with Crippen molar-refractivity contribution in [1.29, 1.82) is 0 Å². The second kappa shape index (κ2) is 7.02. The lowest BCUT2D eigenvalue weighted by molar-refractivity contribution is -0.119. The van der Waals surface area contributed by atoms with Crippen LogP contribution in [0.5, 0.6) is 0 Å². The molecular weight excluding hydrogens is 321 g/mol. The first-order valence-corrected chi connectivity index (χ1v) is 8.96. The highest BCUT2D eigenvalue weighted by molar-refractivity contribution is 5.80. The molecule has 0 saturated carbocycles. The van der Waals surface area contributed by atoms with Crippen LogP contribution in [0.3, 0.4) is 0 Å². The van der Waals surface area contributed by atoms with E-state index >= 15 is 0 Å². The van der Waals surface area contributed by atoms with E-state index in [2.05, 4.69) is 10.6 Å². The van der Waals surface area contributed by atoms with Gasteiger partial charge in [0.25, 0.3) is 0 Å². The lowest BCUT2D eigenvalue weighted by atomic mass is 9.87. The minimum absolute atomic E-state index is 0.0484. The van der Waals surface area contributed by atoms with E-state index in [1.165, 1.54) is 11.6 Å². The van der Waals surface area contributed by atoms with E-state index in [4.69, 9.17) is 0 Å². The van der Waals surface area contributed by atoms with Gasteiger partial charge in [0, 0.05) is 26.1 Å². The number of benzene rings is 1. The molecule has 0 aliphatic carbocycles. The van der Waals surface area contributed by atoms with Crippen LogP contribution in [-0.2, 0) is 4.79 Å². The molecule has 5 nitrogen and oxygen atoms in total. The van der Waals surface area contributed by atoms with Crippen LogP contribution in [0.1, 0.15) is 49.7 Å². The Balaban J connectivity index is 1.50. The number of piperidine rings is 1. The molecule has 2 saturated heterocycles. The van der Waals surface area contributed by atoms with Crippen LogP contribution >= 0.6 is 0 Å². The zero-order valence-corrected chi connectivity index (χ0v) is 14.9. The molecule has 2 aliphatic heterocycles. The van der Waals surface area contributed by atoms with Crippen LogP contribution in [0.4, 0.5) is 9.18 Å². The molecule has 1 aromatic rings. The van der Waals surface area contributed by atoms with Crippen LogP contribution in [0.2, 0.25) is 0 Å². The third-order valence-corrected chi connectivity index (χ3v) is 5.43. The van der Waals surface area contributed by atoms with Gasteiger partial charge in [0.2, 0.25) is 5.91 Å². The first kappa shape index (κ1) is 17.7. The lowest BCUT2D eigenvalue weighted by Crippen LogP contribution is -2.52. The van der Waals surface area contributed by atoms with Crippen molar-refractivity contribution in [1.82, 2.24) is 15.5 Å². The van der Waals surface area contributed by atoms with Crippen LogP contribution < -0.4 is 10.6 Å². The van der Waals surface area contributed by atoms with Gasteiger partial charge in [0.15, 0.2) is 0 Å². The fourth-order valence-corrected chi connectivity index (χ4v) is 3.86. The summed E-state index contributed by atoms with van der Waals surface area (Å²) in [7, 11) is 0. The number of nitrogens with zero attached hydrogens (tertiary/aromatic N) is 1. The lowest BCUT2D eigenvalue weighted by Gasteiger charge is -2.34. The third-order valence-electron chi connectivity index (χ3n) is 5.43. The van der Waals surface area contributed by atoms with Crippen molar-refractivity contribution in [3.8, 4) is 0 Å². The first-order chi connectivity index (χ1) is 11.9. The van der Waals surface area contributed by atoms with Crippen LogP contribution in [0.25, 0.3) is 0 Å². The van der Waals surface area contributed by atoms with Gasteiger partial charge in [-0.1, -0.05) is 6.07 Å². The molecule has 3 amide bonds. The van der Waals surface area contributed by atoms with Crippen LogP contribution in [0.15, 0.2) is 18.2 Å². The molecule has 3 rings (SSSR count). The maximum absolute atomic E-state index is 13.3. The Kier molecular flexibility index (Phi) is 4.97. The second-order valence-electron chi connectivity index (χ2n) is 7.53. The smallest absolute Gasteiger partial charge is 0.317 e. The monoisotopic (exact) mass is 347 g/mol. The molecule has 2 aliphatic rings. The van der Waals surface area contributed by atoms with Gasteiger partial charge in [0.05, 0.1) is 5.54 Å². The van der Waals surface area contributed by atoms with Gasteiger partial charge in [-0.15, -0.1) is 0 Å². The average Bonchev–Trinajstić information content (AvgIpc) is 2.92. The number of carbonyl (C=O) groups is 2. The van der Waals surface area contributed by atoms with Crippen LogP contribution in [-0.4, -0.2) is 42.0 Å². The molecule has 2 N–H and O–H groups in total. The minimum atomic E-state index is -0.337. The number of hydrogen-bond acceptors (Lipinski definition) is 2. The second-order valence-corrected chi connectivity index (χ2v) is 7.53. The molecule has 2 fully saturated rings. The molecule has 2 heterocycles. The van der Waals surface area contributed by atoms with E-state index in [0.717, 1.165) is 24.8 Å². The molecule has 1 unspecified atom stereocenters. The fourth-order valence-electron chi connectivity index (χ4n) is 3.86. The zero-order chi connectivity index (χ0) is 18.0. The molecule has 0 radical (unpaired) electrons. The number of hydrogen-bond donors (Lipinski definition) is 2. The number of carbonyl (C=O) groups excluding carboxylic acids is 2. The number of rotatable bonds is 3. The predicted molar refractivity (Wildman–Crippen MR) is 93.9 cm³/mol. The van der Waals surface area contributed by atoms with Gasteiger partial charge in [-0.3, -0.25) is 4.79 Å². The molecule has 0 spiro atoms. The van der Waals surface area contributed by atoms with Gasteiger partial charge in [-0.25, -0.2) is 9.18 Å². The summed E-state index contributed by atoms with van der Waals surface area (Å²) in [5.74, 6) is 0.217. The normalized spacial score (nSPS) is 24.3. The Morgan fingerprint density at radius 3 is 2.72 bits per heavy atom. The third kappa shape index (κ3) is 4.11. The standard InChI is InChI=1S/C19H26FN3O2/c1-13-11-15(20)3-4-16(13)14-6-9-23(10-7-14)18(25)21-12-19(2)8-5-17(24)22-19/h3-4,11,14H,5-10,12H2,1-2H3,(H,21,25)(H,22,24). The summed E-state index contributed by atoms with van der Waals surface area (Å²) in [5.41, 5.74) is 1.83. The van der Waals surface area contributed by atoms with Crippen molar-refractivity contribution in [2.24, 2.45) is 0 Å². The summed E-state index contributed by atoms with van der Waals surface area (Å²) in [6.07, 6.45) is 3.04. The molecule has 0 aromatic heterocycles. The Morgan fingerprint density at radius 1 is 1.40 bits per heavy atom. The number of halogens is 1. The molecular formula is C19H26FN3O2. The van der Waals surface area contributed by atoms with E-state index in [1.807, 2.05) is 24.8 Å². The Bertz CT molecular complexity index is 671. The van der Waals surface area contributed by atoms with Gasteiger partial charge in [0.1, 0.15) is 5.82 Å². The molecule has 1 aromatic carbocycles. The van der Waals surface area contributed by atoms with Gasteiger partial charge in [-0.05, 0) is 62.3 Å². The summed E-state index contributed by atoms with van der Waals surface area (Å²) >= 11 is 0. The van der Waals surface area contributed by atoms with Crippen molar-refractivity contribution in [3.05, 3.63) is 35.1 Å². The summed E-state index contributed by atoms with van der Waals surface area (Å²) in [6, 6.07) is 4.88. The summed E-state index contributed by atoms with van der Waals surface area (Å²) in [5, 5.41) is 5.88. The van der Waals surface area contributed by atoms with E-state index in [0.29, 0.717) is 32.0 Å². The summed E-state index contributed by atoms with van der Waals surface area (Å²) < 4.78 is 13.3. The number of urea groups is 1. The van der Waals surface area contributed by atoms with Crippen molar-refractivity contribution < 1.29 is 14.0 Å². The molecule has 1 atom stereocenters. The Hall–Kier alpha value is -2.11. The van der Waals surface area contributed by atoms with Crippen molar-refractivity contribution >= 4 is 11.9 Å². The Morgan fingerprint density at radius 2 is 2.12 bits per heavy atom. The summed E-state index contributed by atoms with van der Waals surface area (Å²) in [6.45, 7) is 5.73. The largest absolute Gasteiger partial charge is 0.349 e. The van der Waals surface area contributed by atoms with Crippen molar-refractivity contribution in [2.45, 2.75) is 51.0 Å². The highest BCUT2D eigenvalue weighted by Gasteiger charge is 2.34. The summed E-state index contributed by atoms with van der Waals surface area (Å²) in [4.78, 5) is 25.6.